The van der Waals surface area contributed by atoms with Gasteiger partial charge in [-0.25, -0.2) is 14.8 Å². The van der Waals surface area contributed by atoms with Crippen molar-refractivity contribution in [2.75, 3.05) is 57.9 Å². The SMILES string of the molecule is CCN1CCN(c2nc(CC3COC3)cc(C(=O)OC)n2)CC1. The van der Waals surface area contributed by atoms with Crippen LogP contribution >= 0.6 is 0 Å². The molecule has 1 aromatic rings. The number of esters is 1. The van der Waals surface area contributed by atoms with Gasteiger partial charge in [0.05, 0.1) is 20.3 Å². The normalized spacial score (nSPS) is 19.5. The van der Waals surface area contributed by atoms with E-state index in [0.29, 0.717) is 17.6 Å². The summed E-state index contributed by atoms with van der Waals surface area (Å²) >= 11 is 0. The minimum atomic E-state index is -0.410. The third-order valence-corrected chi connectivity index (χ3v) is 4.47. The molecular weight excluding hydrogens is 296 g/mol. The molecule has 2 aliphatic heterocycles. The topological polar surface area (TPSA) is 67.8 Å². The Bertz CT molecular complexity index is 554. The Morgan fingerprint density at radius 1 is 1.30 bits per heavy atom. The van der Waals surface area contributed by atoms with Gasteiger partial charge < -0.3 is 19.3 Å². The zero-order valence-corrected chi connectivity index (χ0v) is 13.8. The summed E-state index contributed by atoms with van der Waals surface area (Å²) in [5, 5.41) is 0. The highest BCUT2D eigenvalue weighted by Gasteiger charge is 2.24. The summed E-state index contributed by atoms with van der Waals surface area (Å²) in [4.78, 5) is 25.6. The van der Waals surface area contributed by atoms with E-state index in [9.17, 15) is 4.79 Å². The molecule has 3 heterocycles. The molecule has 126 valence electrons. The second kappa shape index (κ2) is 7.23. The average Bonchev–Trinajstić information content (AvgIpc) is 2.57. The molecule has 0 spiro atoms. The number of carbonyl (C=O) groups excluding carboxylic acids is 1. The van der Waals surface area contributed by atoms with Crippen LogP contribution in [0.2, 0.25) is 0 Å². The van der Waals surface area contributed by atoms with Gasteiger partial charge in [0.25, 0.3) is 0 Å². The number of hydrogen-bond acceptors (Lipinski definition) is 7. The van der Waals surface area contributed by atoms with Crippen molar-refractivity contribution in [3.8, 4) is 0 Å². The molecule has 0 bridgehead atoms. The number of anilines is 1. The molecule has 2 aliphatic rings. The van der Waals surface area contributed by atoms with Crippen LogP contribution in [0.3, 0.4) is 0 Å². The van der Waals surface area contributed by atoms with Gasteiger partial charge in [0.2, 0.25) is 5.95 Å². The minimum absolute atomic E-state index is 0.339. The van der Waals surface area contributed by atoms with E-state index in [4.69, 9.17) is 9.47 Å². The fourth-order valence-corrected chi connectivity index (χ4v) is 2.90. The van der Waals surface area contributed by atoms with Gasteiger partial charge >= 0.3 is 5.97 Å². The lowest BCUT2D eigenvalue weighted by molar-refractivity contribution is -0.0316. The van der Waals surface area contributed by atoms with Crippen molar-refractivity contribution in [2.45, 2.75) is 13.3 Å². The van der Waals surface area contributed by atoms with Crippen LogP contribution in [0.4, 0.5) is 5.95 Å². The first-order valence-electron chi connectivity index (χ1n) is 8.21. The van der Waals surface area contributed by atoms with Gasteiger partial charge in [0, 0.05) is 37.8 Å². The summed E-state index contributed by atoms with van der Waals surface area (Å²) in [6.45, 7) is 8.51. The fourth-order valence-electron chi connectivity index (χ4n) is 2.90. The monoisotopic (exact) mass is 320 g/mol. The largest absolute Gasteiger partial charge is 0.464 e. The number of aromatic nitrogens is 2. The van der Waals surface area contributed by atoms with Crippen molar-refractivity contribution in [2.24, 2.45) is 5.92 Å². The second-order valence-corrected chi connectivity index (χ2v) is 6.07. The first-order chi connectivity index (χ1) is 11.2. The predicted octanol–water partition coefficient (Wildman–Crippen LogP) is 0.594. The first-order valence-corrected chi connectivity index (χ1v) is 8.21. The molecule has 1 aromatic heterocycles. The Kier molecular flexibility index (Phi) is 5.07. The highest BCUT2D eigenvalue weighted by atomic mass is 16.5. The van der Waals surface area contributed by atoms with Gasteiger partial charge in [-0.1, -0.05) is 6.92 Å². The molecule has 0 aliphatic carbocycles. The van der Waals surface area contributed by atoms with Gasteiger partial charge in [-0.05, 0) is 19.0 Å². The predicted molar refractivity (Wildman–Crippen MR) is 85.7 cm³/mol. The summed E-state index contributed by atoms with van der Waals surface area (Å²) in [7, 11) is 1.38. The lowest BCUT2D eigenvalue weighted by Gasteiger charge is -2.34. The highest BCUT2D eigenvalue weighted by molar-refractivity contribution is 5.87. The molecule has 2 saturated heterocycles. The van der Waals surface area contributed by atoms with E-state index >= 15 is 0 Å². The first kappa shape index (κ1) is 16.1. The standard InChI is InChI=1S/C16H24N4O3/c1-3-19-4-6-20(7-5-19)16-17-13(8-12-10-23-11-12)9-14(18-16)15(21)22-2/h9,12H,3-8,10-11H2,1-2H3. The number of methoxy groups -OCH3 is 1. The van der Waals surface area contributed by atoms with Crippen molar-refractivity contribution in [3.63, 3.8) is 0 Å². The van der Waals surface area contributed by atoms with Crippen molar-refractivity contribution in [1.82, 2.24) is 14.9 Å². The number of carbonyl (C=O) groups is 1. The number of ether oxygens (including phenoxy) is 2. The van der Waals surface area contributed by atoms with E-state index < -0.39 is 5.97 Å². The second-order valence-electron chi connectivity index (χ2n) is 6.07. The van der Waals surface area contributed by atoms with Crippen LogP contribution in [0.15, 0.2) is 6.07 Å². The van der Waals surface area contributed by atoms with Gasteiger partial charge in [-0.3, -0.25) is 0 Å². The molecule has 3 rings (SSSR count). The Labute approximate surface area is 136 Å². The maximum absolute atomic E-state index is 11.9. The van der Waals surface area contributed by atoms with E-state index in [1.807, 2.05) is 0 Å². The highest BCUT2D eigenvalue weighted by Crippen LogP contribution is 2.19. The van der Waals surface area contributed by atoms with Crippen LogP contribution in [0.25, 0.3) is 0 Å². The number of nitrogens with zero attached hydrogens (tertiary/aromatic N) is 4. The van der Waals surface area contributed by atoms with Gasteiger partial charge in [-0.15, -0.1) is 0 Å². The van der Waals surface area contributed by atoms with Gasteiger partial charge in [0.1, 0.15) is 0 Å². The maximum Gasteiger partial charge on any atom is 0.356 e. The molecule has 0 aromatic carbocycles. The smallest absolute Gasteiger partial charge is 0.356 e. The summed E-state index contributed by atoms with van der Waals surface area (Å²) in [5.41, 5.74) is 1.23. The fraction of sp³-hybridized carbons (Fsp3) is 0.688. The summed E-state index contributed by atoms with van der Waals surface area (Å²) < 4.78 is 10.1. The molecule has 0 radical (unpaired) electrons. The van der Waals surface area contributed by atoms with Gasteiger partial charge in [0.15, 0.2) is 5.69 Å². The van der Waals surface area contributed by atoms with Crippen molar-refractivity contribution >= 4 is 11.9 Å². The molecule has 0 N–H and O–H groups in total. The van der Waals surface area contributed by atoms with Crippen LogP contribution in [-0.2, 0) is 15.9 Å². The molecule has 0 atom stereocenters. The van der Waals surface area contributed by atoms with Crippen LogP contribution in [0.1, 0.15) is 23.1 Å². The molecule has 0 amide bonds. The molecule has 2 fully saturated rings. The Balaban J connectivity index is 1.79. The van der Waals surface area contributed by atoms with Crippen LogP contribution < -0.4 is 4.90 Å². The molecular formula is C16H24N4O3. The average molecular weight is 320 g/mol. The van der Waals surface area contributed by atoms with E-state index in [2.05, 4.69) is 26.7 Å². The molecule has 0 unspecified atom stereocenters. The zero-order chi connectivity index (χ0) is 16.2. The summed E-state index contributed by atoms with van der Waals surface area (Å²) in [5.74, 6) is 0.714. The lowest BCUT2D eigenvalue weighted by atomic mass is 10.0. The van der Waals surface area contributed by atoms with E-state index in [-0.39, 0.29) is 0 Å². The van der Waals surface area contributed by atoms with Crippen LogP contribution in [0, 0.1) is 5.92 Å². The van der Waals surface area contributed by atoms with E-state index in [1.54, 1.807) is 6.07 Å². The number of piperazine rings is 1. The third-order valence-electron chi connectivity index (χ3n) is 4.47. The number of hydrogen-bond donors (Lipinski definition) is 0. The van der Waals surface area contributed by atoms with Crippen LogP contribution in [-0.4, -0.2) is 73.9 Å². The lowest BCUT2D eigenvalue weighted by Crippen LogP contribution is -2.47. The maximum atomic E-state index is 11.9. The Morgan fingerprint density at radius 3 is 2.61 bits per heavy atom. The van der Waals surface area contributed by atoms with E-state index in [1.165, 1.54) is 7.11 Å². The minimum Gasteiger partial charge on any atom is -0.464 e. The van der Waals surface area contributed by atoms with Crippen LogP contribution in [0.5, 0.6) is 0 Å². The Hall–Kier alpha value is -1.73. The van der Waals surface area contributed by atoms with Gasteiger partial charge in [-0.2, -0.15) is 0 Å². The van der Waals surface area contributed by atoms with Crippen molar-refractivity contribution < 1.29 is 14.3 Å². The Morgan fingerprint density at radius 2 is 2.04 bits per heavy atom. The van der Waals surface area contributed by atoms with Crippen molar-refractivity contribution in [3.05, 3.63) is 17.5 Å². The molecule has 0 saturated carbocycles. The van der Waals surface area contributed by atoms with E-state index in [0.717, 1.165) is 58.1 Å². The molecule has 23 heavy (non-hydrogen) atoms. The van der Waals surface area contributed by atoms with Crippen molar-refractivity contribution in [1.29, 1.82) is 0 Å². The summed E-state index contributed by atoms with van der Waals surface area (Å²) in [6.07, 6.45) is 0.814. The number of rotatable bonds is 5. The third kappa shape index (κ3) is 3.79. The number of likely N-dealkylation sites (N-methyl/N-ethyl adjacent to an activating group) is 1. The molecule has 7 heteroatoms. The zero-order valence-electron chi connectivity index (χ0n) is 13.8. The summed E-state index contributed by atoms with van der Waals surface area (Å²) in [6, 6.07) is 1.75. The molecule has 7 nitrogen and oxygen atoms in total. The quantitative estimate of drug-likeness (QED) is 0.736.